The molecule has 0 radical (unpaired) electrons. The largest absolute Gasteiger partial charge is 0.368 e. The highest BCUT2D eigenvalue weighted by molar-refractivity contribution is 7.09. The minimum atomic E-state index is -0.271. The van der Waals surface area contributed by atoms with Crippen LogP contribution >= 0.6 is 11.3 Å². The van der Waals surface area contributed by atoms with Gasteiger partial charge < -0.3 is 15.1 Å². The quantitative estimate of drug-likeness (QED) is 0.695. The summed E-state index contributed by atoms with van der Waals surface area (Å²) in [5, 5.41) is 7.61. The minimum absolute atomic E-state index is 0.271. The van der Waals surface area contributed by atoms with Crippen LogP contribution in [0.2, 0.25) is 0 Å². The molecular weight excluding hydrogens is 372 g/mol. The van der Waals surface area contributed by atoms with Crippen LogP contribution in [-0.4, -0.2) is 42.2 Å². The third-order valence-corrected chi connectivity index (χ3v) is 5.50. The zero-order chi connectivity index (χ0) is 19.2. The van der Waals surface area contributed by atoms with Crippen LogP contribution in [0.5, 0.6) is 0 Å². The van der Waals surface area contributed by atoms with Crippen molar-refractivity contribution in [3.63, 3.8) is 0 Å². The molecule has 0 unspecified atom stereocenters. The normalized spacial score (nSPS) is 14.0. The van der Waals surface area contributed by atoms with Crippen LogP contribution < -0.4 is 20.4 Å². The number of hydrogen-bond donors (Lipinski definition) is 2. The first-order valence-corrected chi connectivity index (χ1v) is 10.1. The van der Waals surface area contributed by atoms with Crippen LogP contribution in [0, 0.1) is 0 Å². The Kier molecular flexibility index (Phi) is 5.67. The molecular formula is C20H22N6OS. The predicted molar refractivity (Wildman–Crippen MR) is 113 cm³/mol. The van der Waals surface area contributed by atoms with E-state index in [0.29, 0.717) is 12.4 Å². The molecule has 8 heteroatoms. The molecule has 144 valence electrons. The van der Waals surface area contributed by atoms with Gasteiger partial charge in [0.2, 0.25) is 0 Å². The van der Waals surface area contributed by atoms with Gasteiger partial charge in [0.15, 0.2) is 0 Å². The number of piperazine rings is 1. The van der Waals surface area contributed by atoms with E-state index in [2.05, 4.69) is 54.7 Å². The summed E-state index contributed by atoms with van der Waals surface area (Å²) in [6, 6.07) is 15.9. The van der Waals surface area contributed by atoms with Gasteiger partial charge in [-0.1, -0.05) is 24.3 Å². The number of anilines is 3. The Morgan fingerprint density at radius 3 is 2.54 bits per heavy atom. The molecule has 3 heterocycles. The molecule has 1 aliphatic rings. The van der Waals surface area contributed by atoms with Gasteiger partial charge in [0, 0.05) is 42.8 Å². The Morgan fingerprint density at radius 2 is 1.79 bits per heavy atom. The van der Waals surface area contributed by atoms with Crippen LogP contribution in [0.4, 0.5) is 22.1 Å². The van der Waals surface area contributed by atoms with Crippen LogP contribution in [-0.2, 0) is 6.54 Å². The molecule has 28 heavy (non-hydrogen) atoms. The van der Waals surface area contributed by atoms with Gasteiger partial charge in [-0.3, -0.25) is 5.32 Å². The van der Waals surface area contributed by atoms with Crippen LogP contribution in [0.1, 0.15) is 4.88 Å². The lowest BCUT2D eigenvalue weighted by Gasteiger charge is -2.36. The number of urea groups is 1. The summed E-state index contributed by atoms with van der Waals surface area (Å²) in [7, 11) is 0. The second kappa shape index (κ2) is 8.71. The van der Waals surface area contributed by atoms with E-state index in [0.717, 1.165) is 36.9 Å². The van der Waals surface area contributed by atoms with E-state index in [1.54, 1.807) is 11.3 Å². The molecule has 2 N–H and O–H groups in total. The van der Waals surface area contributed by atoms with Gasteiger partial charge in [-0.25, -0.2) is 14.8 Å². The molecule has 1 aliphatic heterocycles. The molecule has 7 nitrogen and oxygen atoms in total. The third-order valence-electron chi connectivity index (χ3n) is 4.62. The second-order valence-corrected chi connectivity index (χ2v) is 7.49. The van der Waals surface area contributed by atoms with E-state index < -0.39 is 0 Å². The van der Waals surface area contributed by atoms with E-state index in [1.165, 1.54) is 12.0 Å². The topological polar surface area (TPSA) is 73.4 Å². The van der Waals surface area contributed by atoms with Gasteiger partial charge in [0.25, 0.3) is 0 Å². The van der Waals surface area contributed by atoms with Gasteiger partial charge in [0.1, 0.15) is 18.0 Å². The molecule has 0 bridgehead atoms. The van der Waals surface area contributed by atoms with Crippen LogP contribution in [0.3, 0.4) is 0 Å². The Balaban J connectivity index is 1.32. The second-order valence-electron chi connectivity index (χ2n) is 6.46. The van der Waals surface area contributed by atoms with Crippen molar-refractivity contribution in [3.05, 3.63) is 65.1 Å². The summed E-state index contributed by atoms with van der Waals surface area (Å²) >= 11 is 1.61. The number of thiophene rings is 1. The smallest absolute Gasteiger partial charge is 0.320 e. The molecule has 1 saturated heterocycles. The minimum Gasteiger partial charge on any atom is -0.368 e. The number of carbonyl (C=O) groups excluding carboxylic acids is 1. The van der Waals surface area contributed by atoms with Gasteiger partial charge in [0.05, 0.1) is 6.54 Å². The van der Waals surface area contributed by atoms with E-state index in [-0.39, 0.29) is 6.03 Å². The average molecular weight is 395 g/mol. The summed E-state index contributed by atoms with van der Waals surface area (Å²) in [6.45, 7) is 4.10. The molecule has 1 aromatic carbocycles. The Morgan fingerprint density at radius 1 is 1.00 bits per heavy atom. The monoisotopic (exact) mass is 394 g/mol. The Labute approximate surface area is 168 Å². The molecule has 0 spiro atoms. The van der Waals surface area contributed by atoms with E-state index >= 15 is 0 Å². The number of benzene rings is 1. The number of rotatable bonds is 5. The molecule has 4 rings (SSSR count). The van der Waals surface area contributed by atoms with Crippen molar-refractivity contribution in [1.29, 1.82) is 0 Å². The van der Waals surface area contributed by atoms with Gasteiger partial charge >= 0.3 is 6.03 Å². The average Bonchev–Trinajstić information content (AvgIpc) is 3.27. The number of carbonyl (C=O) groups is 1. The van der Waals surface area contributed by atoms with Gasteiger partial charge in [-0.15, -0.1) is 11.3 Å². The standard InChI is InChI=1S/C20H22N6OS/c27-20(21-14-17-7-4-12-28-17)24-18-13-19(23-15-22-18)26-10-8-25(9-11-26)16-5-2-1-3-6-16/h1-7,12-13,15H,8-11,14H2,(H2,21,22,23,24,27). The number of amides is 2. The van der Waals surface area contributed by atoms with Crippen LogP contribution in [0.15, 0.2) is 60.2 Å². The summed E-state index contributed by atoms with van der Waals surface area (Å²) in [4.78, 5) is 26.3. The van der Waals surface area contributed by atoms with E-state index in [9.17, 15) is 4.79 Å². The fraction of sp³-hybridized carbons (Fsp3) is 0.250. The summed E-state index contributed by atoms with van der Waals surface area (Å²) in [5.41, 5.74) is 1.25. The maximum Gasteiger partial charge on any atom is 0.320 e. The van der Waals surface area contributed by atoms with Crippen molar-refractivity contribution in [2.75, 3.05) is 41.3 Å². The molecule has 0 aliphatic carbocycles. The SMILES string of the molecule is O=C(NCc1cccs1)Nc1cc(N2CCN(c3ccccc3)CC2)ncn1. The molecule has 2 amide bonds. The number of nitrogens with one attached hydrogen (secondary N) is 2. The lowest BCUT2D eigenvalue weighted by atomic mass is 10.2. The summed E-state index contributed by atoms with van der Waals surface area (Å²) < 4.78 is 0. The van der Waals surface area contributed by atoms with E-state index in [1.807, 2.05) is 29.6 Å². The highest BCUT2D eigenvalue weighted by Crippen LogP contribution is 2.20. The Hall–Kier alpha value is -3.13. The number of hydrogen-bond acceptors (Lipinski definition) is 6. The van der Waals surface area contributed by atoms with Crippen molar-refractivity contribution in [2.24, 2.45) is 0 Å². The number of aromatic nitrogens is 2. The lowest BCUT2D eigenvalue weighted by molar-refractivity contribution is 0.251. The maximum atomic E-state index is 12.1. The van der Waals surface area contributed by atoms with Crippen molar-refractivity contribution in [2.45, 2.75) is 6.54 Å². The van der Waals surface area contributed by atoms with Crippen molar-refractivity contribution < 1.29 is 4.79 Å². The van der Waals surface area contributed by atoms with Gasteiger partial charge in [-0.2, -0.15) is 0 Å². The highest BCUT2D eigenvalue weighted by Gasteiger charge is 2.19. The predicted octanol–water partition coefficient (Wildman–Crippen LogP) is 3.19. The fourth-order valence-electron chi connectivity index (χ4n) is 3.16. The Bertz CT molecular complexity index is 894. The number of para-hydroxylation sites is 1. The molecule has 3 aromatic rings. The van der Waals surface area contributed by atoms with Crippen molar-refractivity contribution in [3.8, 4) is 0 Å². The lowest BCUT2D eigenvalue weighted by Crippen LogP contribution is -2.46. The maximum absolute atomic E-state index is 12.1. The number of nitrogens with zero attached hydrogens (tertiary/aromatic N) is 4. The third kappa shape index (κ3) is 4.58. The van der Waals surface area contributed by atoms with E-state index in [4.69, 9.17) is 0 Å². The first-order valence-electron chi connectivity index (χ1n) is 9.22. The van der Waals surface area contributed by atoms with Crippen molar-refractivity contribution >= 4 is 34.7 Å². The van der Waals surface area contributed by atoms with Crippen molar-refractivity contribution in [1.82, 2.24) is 15.3 Å². The first kappa shape index (κ1) is 18.2. The zero-order valence-electron chi connectivity index (χ0n) is 15.4. The molecule has 0 atom stereocenters. The molecule has 1 fully saturated rings. The summed E-state index contributed by atoms with van der Waals surface area (Å²) in [5.74, 6) is 1.33. The molecule has 2 aromatic heterocycles. The van der Waals surface area contributed by atoms with Crippen LogP contribution in [0.25, 0.3) is 0 Å². The zero-order valence-corrected chi connectivity index (χ0v) is 16.2. The van der Waals surface area contributed by atoms with Gasteiger partial charge in [-0.05, 0) is 23.6 Å². The highest BCUT2D eigenvalue weighted by atomic mass is 32.1. The molecule has 0 saturated carbocycles. The summed E-state index contributed by atoms with van der Waals surface area (Å²) in [6.07, 6.45) is 1.49. The first-order chi connectivity index (χ1) is 13.8. The fourth-order valence-corrected chi connectivity index (χ4v) is 3.81.